The van der Waals surface area contributed by atoms with Crippen molar-refractivity contribution in [2.24, 2.45) is 0 Å². The molecule has 6 heteroatoms. The zero-order chi connectivity index (χ0) is 13.1. The number of nitrogens with one attached hydrogen (secondary N) is 1. The van der Waals surface area contributed by atoms with Crippen molar-refractivity contribution in [2.45, 2.75) is 6.54 Å². The summed E-state index contributed by atoms with van der Waals surface area (Å²) in [5, 5.41) is 6.90. The monoisotopic (exact) mass is 253 g/mol. The lowest BCUT2D eigenvalue weighted by Gasteiger charge is -2.03. The summed E-state index contributed by atoms with van der Waals surface area (Å²) in [5.41, 5.74) is 1.95. The van der Waals surface area contributed by atoms with Crippen LogP contribution in [-0.2, 0) is 6.54 Å². The van der Waals surface area contributed by atoms with Gasteiger partial charge in [-0.15, -0.1) is 0 Å². The average molecular weight is 253 g/mol. The lowest BCUT2D eigenvalue weighted by atomic mass is 10.2. The third-order valence-electron chi connectivity index (χ3n) is 2.70. The maximum Gasteiger partial charge on any atom is 0.257 e. The molecule has 0 radical (unpaired) electrons. The largest absolute Gasteiger partial charge is 0.348 e. The summed E-state index contributed by atoms with van der Waals surface area (Å²) >= 11 is 0. The molecule has 0 saturated heterocycles. The summed E-state index contributed by atoms with van der Waals surface area (Å²) in [5.74, 6) is -0.197. The molecule has 1 amide bonds. The highest BCUT2D eigenvalue weighted by Crippen LogP contribution is 2.07. The molecule has 0 fully saturated rings. The lowest BCUT2D eigenvalue weighted by Crippen LogP contribution is -2.22. The molecule has 0 saturated carbocycles. The van der Waals surface area contributed by atoms with E-state index in [0.717, 1.165) is 5.56 Å². The number of aromatic nitrogens is 4. The predicted octanol–water partition coefficient (Wildman–Crippen LogP) is 1.05. The van der Waals surface area contributed by atoms with Gasteiger partial charge in [-0.25, -0.2) is 9.50 Å². The van der Waals surface area contributed by atoms with Crippen LogP contribution in [0.4, 0.5) is 0 Å². The number of fused-ring (bicyclic) bond motifs is 1. The molecule has 3 aromatic heterocycles. The van der Waals surface area contributed by atoms with Crippen molar-refractivity contribution in [3.8, 4) is 0 Å². The minimum absolute atomic E-state index is 0.197. The fourth-order valence-corrected chi connectivity index (χ4v) is 1.77. The molecule has 0 unspecified atom stereocenters. The van der Waals surface area contributed by atoms with Crippen LogP contribution in [0.1, 0.15) is 15.9 Å². The van der Waals surface area contributed by atoms with E-state index in [2.05, 4.69) is 20.4 Å². The van der Waals surface area contributed by atoms with Crippen molar-refractivity contribution >= 4 is 11.6 Å². The van der Waals surface area contributed by atoms with Gasteiger partial charge in [-0.2, -0.15) is 5.10 Å². The standard InChI is InChI=1S/C13H11N5O/c19-13(16-8-10-3-1-4-14-7-10)11-9-17-18-6-2-5-15-12(11)18/h1-7,9H,8H2,(H,16,19). The maximum absolute atomic E-state index is 12.1. The van der Waals surface area contributed by atoms with Crippen molar-refractivity contribution in [3.63, 3.8) is 0 Å². The highest BCUT2D eigenvalue weighted by atomic mass is 16.1. The molecule has 0 bridgehead atoms. The Bertz CT molecular complexity index is 707. The van der Waals surface area contributed by atoms with Crippen molar-refractivity contribution in [3.05, 3.63) is 60.3 Å². The van der Waals surface area contributed by atoms with Crippen molar-refractivity contribution in [1.29, 1.82) is 0 Å². The Morgan fingerprint density at radius 2 is 2.21 bits per heavy atom. The summed E-state index contributed by atoms with van der Waals surface area (Å²) in [4.78, 5) is 20.2. The van der Waals surface area contributed by atoms with Gasteiger partial charge in [0.15, 0.2) is 5.65 Å². The van der Waals surface area contributed by atoms with Gasteiger partial charge in [0.05, 0.1) is 6.20 Å². The minimum atomic E-state index is -0.197. The second-order valence-corrected chi connectivity index (χ2v) is 3.99. The summed E-state index contributed by atoms with van der Waals surface area (Å²) in [6, 6.07) is 5.50. The van der Waals surface area contributed by atoms with E-state index >= 15 is 0 Å². The van der Waals surface area contributed by atoms with Crippen LogP contribution >= 0.6 is 0 Å². The Morgan fingerprint density at radius 3 is 3.05 bits per heavy atom. The molecular weight excluding hydrogens is 242 g/mol. The summed E-state index contributed by atoms with van der Waals surface area (Å²) in [6.07, 6.45) is 8.31. The van der Waals surface area contributed by atoms with E-state index in [1.807, 2.05) is 12.1 Å². The van der Waals surface area contributed by atoms with Gasteiger partial charge in [-0.3, -0.25) is 9.78 Å². The number of pyridine rings is 1. The van der Waals surface area contributed by atoms with E-state index in [1.165, 1.54) is 6.20 Å². The first-order valence-corrected chi connectivity index (χ1v) is 5.80. The van der Waals surface area contributed by atoms with Gasteiger partial charge in [-0.1, -0.05) is 6.07 Å². The van der Waals surface area contributed by atoms with Crippen LogP contribution in [-0.4, -0.2) is 25.5 Å². The third-order valence-corrected chi connectivity index (χ3v) is 2.70. The molecule has 0 aliphatic heterocycles. The van der Waals surface area contributed by atoms with Gasteiger partial charge in [0.1, 0.15) is 5.56 Å². The summed E-state index contributed by atoms with van der Waals surface area (Å²) < 4.78 is 1.57. The molecule has 3 aromatic rings. The maximum atomic E-state index is 12.1. The molecule has 94 valence electrons. The van der Waals surface area contributed by atoms with Crippen LogP contribution in [0.25, 0.3) is 5.65 Å². The van der Waals surface area contributed by atoms with Crippen LogP contribution in [0.2, 0.25) is 0 Å². The SMILES string of the molecule is O=C(NCc1cccnc1)c1cnn2cccnc12. The first-order chi connectivity index (χ1) is 9.34. The van der Waals surface area contributed by atoms with Crippen LogP contribution in [0, 0.1) is 0 Å². The highest BCUT2D eigenvalue weighted by molar-refractivity contribution is 5.99. The smallest absolute Gasteiger partial charge is 0.257 e. The fourth-order valence-electron chi connectivity index (χ4n) is 1.77. The average Bonchev–Trinajstić information content (AvgIpc) is 2.90. The number of carbonyl (C=O) groups excluding carboxylic acids is 1. The molecule has 3 rings (SSSR count). The molecular formula is C13H11N5O. The van der Waals surface area contributed by atoms with E-state index < -0.39 is 0 Å². The summed E-state index contributed by atoms with van der Waals surface area (Å²) in [6.45, 7) is 0.427. The number of carbonyl (C=O) groups is 1. The van der Waals surface area contributed by atoms with Crippen molar-refractivity contribution < 1.29 is 4.79 Å². The quantitative estimate of drug-likeness (QED) is 0.757. The van der Waals surface area contributed by atoms with Crippen LogP contribution in [0.5, 0.6) is 0 Å². The van der Waals surface area contributed by atoms with Crippen molar-refractivity contribution in [2.75, 3.05) is 0 Å². The third kappa shape index (κ3) is 2.28. The van der Waals surface area contributed by atoms with Crippen LogP contribution < -0.4 is 5.32 Å². The van der Waals surface area contributed by atoms with E-state index in [9.17, 15) is 4.79 Å². The van der Waals surface area contributed by atoms with Gasteiger partial charge in [-0.05, 0) is 17.7 Å². The van der Waals surface area contributed by atoms with E-state index in [4.69, 9.17) is 0 Å². The topological polar surface area (TPSA) is 72.2 Å². The molecule has 3 heterocycles. The van der Waals surface area contributed by atoms with E-state index in [1.54, 1.807) is 35.4 Å². The lowest BCUT2D eigenvalue weighted by molar-refractivity contribution is 0.0952. The Hall–Kier alpha value is -2.76. The summed E-state index contributed by atoms with van der Waals surface area (Å²) in [7, 11) is 0. The first kappa shape index (κ1) is 11.3. The van der Waals surface area contributed by atoms with E-state index in [0.29, 0.717) is 17.8 Å². The normalized spacial score (nSPS) is 10.5. The molecule has 1 N–H and O–H groups in total. The van der Waals surface area contributed by atoms with Gasteiger partial charge >= 0.3 is 0 Å². The zero-order valence-corrected chi connectivity index (χ0v) is 10.0. The van der Waals surface area contributed by atoms with Crippen molar-refractivity contribution in [1.82, 2.24) is 24.9 Å². The number of nitrogens with zero attached hydrogens (tertiary/aromatic N) is 4. The molecule has 0 aromatic carbocycles. The number of hydrogen-bond donors (Lipinski definition) is 1. The van der Waals surface area contributed by atoms with Gasteiger partial charge < -0.3 is 5.32 Å². The van der Waals surface area contributed by atoms with Gasteiger partial charge in [0.2, 0.25) is 0 Å². The van der Waals surface area contributed by atoms with Crippen LogP contribution in [0.15, 0.2) is 49.2 Å². The molecule has 19 heavy (non-hydrogen) atoms. The number of amides is 1. The Labute approximate surface area is 109 Å². The Morgan fingerprint density at radius 1 is 1.26 bits per heavy atom. The van der Waals surface area contributed by atoms with Gasteiger partial charge in [0, 0.05) is 31.3 Å². The second-order valence-electron chi connectivity index (χ2n) is 3.99. The van der Waals surface area contributed by atoms with E-state index in [-0.39, 0.29) is 5.91 Å². The highest BCUT2D eigenvalue weighted by Gasteiger charge is 2.12. The molecule has 0 spiro atoms. The number of rotatable bonds is 3. The Kier molecular flexibility index (Phi) is 2.89. The second kappa shape index (κ2) is 4.85. The molecule has 0 aliphatic rings. The number of hydrogen-bond acceptors (Lipinski definition) is 4. The predicted molar refractivity (Wildman–Crippen MR) is 68.4 cm³/mol. The fraction of sp³-hybridized carbons (Fsp3) is 0.0769. The molecule has 6 nitrogen and oxygen atoms in total. The Balaban J connectivity index is 1.77. The molecule has 0 aliphatic carbocycles. The zero-order valence-electron chi connectivity index (χ0n) is 10.0. The van der Waals surface area contributed by atoms with Crippen LogP contribution in [0.3, 0.4) is 0 Å². The molecule has 0 atom stereocenters. The minimum Gasteiger partial charge on any atom is -0.348 e. The van der Waals surface area contributed by atoms with Gasteiger partial charge in [0.25, 0.3) is 5.91 Å². The first-order valence-electron chi connectivity index (χ1n) is 5.80.